The summed E-state index contributed by atoms with van der Waals surface area (Å²) in [6.07, 6.45) is -0.126. The molecule has 0 radical (unpaired) electrons. The molecule has 3 rings (SSSR count). The Kier molecular flexibility index (Phi) is 5.48. The number of anilines is 2. The number of nitrogens with one attached hydrogen (secondary N) is 1. The van der Waals surface area contributed by atoms with E-state index in [4.69, 9.17) is 9.84 Å². The Morgan fingerprint density at radius 1 is 1.33 bits per heavy atom. The van der Waals surface area contributed by atoms with E-state index in [0.717, 1.165) is 0 Å². The van der Waals surface area contributed by atoms with Crippen LogP contribution in [-0.2, 0) is 14.3 Å². The number of benzene rings is 1. The second-order valence-electron chi connectivity index (χ2n) is 6.79. The highest BCUT2D eigenvalue weighted by molar-refractivity contribution is 5.90. The maximum absolute atomic E-state index is 14.6. The number of carbonyl (C=O) groups is 3. The molecule has 0 spiro atoms. The van der Waals surface area contributed by atoms with Crippen molar-refractivity contribution in [1.29, 1.82) is 0 Å². The van der Waals surface area contributed by atoms with Gasteiger partial charge in [0.15, 0.2) is 0 Å². The number of hydrogen-bond acceptors (Lipinski definition) is 5. The van der Waals surface area contributed by atoms with Crippen molar-refractivity contribution in [3.63, 3.8) is 0 Å². The first-order valence-electron chi connectivity index (χ1n) is 8.85. The zero-order valence-electron chi connectivity index (χ0n) is 15.0. The van der Waals surface area contributed by atoms with Gasteiger partial charge in [-0.1, -0.05) is 0 Å². The normalized spacial score (nSPS) is 20.5. The van der Waals surface area contributed by atoms with Crippen LogP contribution in [0.25, 0.3) is 0 Å². The summed E-state index contributed by atoms with van der Waals surface area (Å²) in [6.45, 7) is 2.75. The molecule has 146 valence electrons. The van der Waals surface area contributed by atoms with Gasteiger partial charge >= 0.3 is 12.1 Å². The van der Waals surface area contributed by atoms with Crippen LogP contribution < -0.4 is 15.1 Å². The van der Waals surface area contributed by atoms with Crippen LogP contribution in [0.1, 0.15) is 19.8 Å². The Balaban J connectivity index is 1.66. The molecule has 1 aromatic rings. The summed E-state index contributed by atoms with van der Waals surface area (Å²) in [5.74, 6) is -1.89. The SMILES string of the molecule is CC(=O)NC[C@H]1CN(c2ccc(N3CCC(C(=O)O)CC3)c(F)c2)C(=O)O1. The van der Waals surface area contributed by atoms with E-state index in [0.29, 0.717) is 37.3 Å². The Bertz CT molecular complexity index is 749. The van der Waals surface area contributed by atoms with Gasteiger partial charge in [-0.3, -0.25) is 14.5 Å². The summed E-state index contributed by atoms with van der Waals surface area (Å²) in [5.41, 5.74) is 0.775. The monoisotopic (exact) mass is 379 g/mol. The van der Waals surface area contributed by atoms with Gasteiger partial charge in [-0.15, -0.1) is 0 Å². The molecule has 2 N–H and O–H groups in total. The van der Waals surface area contributed by atoms with Crippen LogP contribution in [0.5, 0.6) is 0 Å². The van der Waals surface area contributed by atoms with E-state index in [1.807, 2.05) is 4.90 Å². The van der Waals surface area contributed by atoms with E-state index in [1.54, 1.807) is 12.1 Å². The maximum atomic E-state index is 14.6. The number of cyclic esters (lactones) is 1. The Labute approximate surface area is 155 Å². The number of hydrogen-bond donors (Lipinski definition) is 2. The molecule has 0 unspecified atom stereocenters. The van der Waals surface area contributed by atoms with Gasteiger partial charge in [0.25, 0.3) is 0 Å². The van der Waals surface area contributed by atoms with Crippen LogP contribution in [0.15, 0.2) is 18.2 Å². The second-order valence-corrected chi connectivity index (χ2v) is 6.79. The number of halogens is 1. The first-order valence-corrected chi connectivity index (χ1v) is 8.85. The van der Waals surface area contributed by atoms with Crippen molar-refractivity contribution >= 4 is 29.3 Å². The van der Waals surface area contributed by atoms with E-state index in [9.17, 15) is 18.8 Å². The van der Waals surface area contributed by atoms with Crippen molar-refractivity contribution in [1.82, 2.24) is 5.32 Å². The van der Waals surface area contributed by atoms with Gasteiger partial charge in [0.05, 0.1) is 30.4 Å². The number of piperidine rings is 1. The highest BCUT2D eigenvalue weighted by atomic mass is 19.1. The van der Waals surface area contributed by atoms with Crippen LogP contribution in [0.4, 0.5) is 20.6 Å². The van der Waals surface area contributed by atoms with Crippen LogP contribution in [0, 0.1) is 11.7 Å². The summed E-state index contributed by atoms with van der Waals surface area (Å²) >= 11 is 0. The highest BCUT2D eigenvalue weighted by Crippen LogP contribution is 2.30. The number of carboxylic acid groups (broad SMARTS) is 1. The summed E-state index contributed by atoms with van der Waals surface area (Å²) in [7, 11) is 0. The molecule has 2 aliphatic heterocycles. The maximum Gasteiger partial charge on any atom is 0.414 e. The zero-order chi connectivity index (χ0) is 19.6. The first kappa shape index (κ1) is 18.9. The smallest absolute Gasteiger partial charge is 0.414 e. The summed E-state index contributed by atoms with van der Waals surface area (Å²) in [6, 6.07) is 4.52. The van der Waals surface area contributed by atoms with Gasteiger partial charge in [-0.05, 0) is 31.0 Å². The van der Waals surface area contributed by atoms with Crippen molar-refractivity contribution in [2.24, 2.45) is 5.92 Å². The van der Waals surface area contributed by atoms with Gasteiger partial charge < -0.3 is 20.1 Å². The molecule has 0 aliphatic carbocycles. The largest absolute Gasteiger partial charge is 0.481 e. The molecule has 27 heavy (non-hydrogen) atoms. The quantitative estimate of drug-likeness (QED) is 0.806. The lowest BCUT2D eigenvalue weighted by atomic mass is 9.96. The van der Waals surface area contributed by atoms with Crippen molar-refractivity contribution in [3.8, 4) is 0 Å². The molecule has 1 aromatic carbocycles. The number of nitrogens with zero attached hydrogens (tertiary/aromatic N) is 2. The standard InChI is InChI=1S/C18H22FN3O5/c1-11(23)20-9-14-10-22(18(26)27-14)13-2-3-16(15(19)8-13)21-6-4-12(5-7-21)17(24)25/h2-3,8,12,14H,4-7,9-10H2,1H3,(H,20,23)(H,24,25)/t14-/m0/s1. The molecule has 0 saturated carbocycles. The number of aliphatic carboxylic acids is 1. The Morgan fingerprint density at radius 2 is 2.04 bits per heavy atom. The van der Waals surface area contributed by atoms with E-state index < -0.39 is 24.0 Å². The predicted octanol–water partition coefficient (Wildman–Crippen LogP) is 1.59. The summed E-state index contributed by atoms with van der Waals surface area (Å²) in [4.78, 5) is 37.2. The van der Waals surface area contributed by atoms with E-state index >= 15 is 0 Å². The fourth-order valence-electron chi connectivity index (χ4n) is 3.38. The average molecular weight is 379 g/mol. The van der Waals surface area contributed by atoms with Gasteiger partial charge in [-0.2, -0.15) is 0 Å². The predicted molar refractivity (Wildman–Crippen MR) is 95.3 cm³/mol. The lowest BCUT2D eigenvalue weighted by molar-refractivity contribution is -0.142. The van der Waals surface area contributed by atoms with Crippen molar-refractivity contribution in [2.45, 2.75) is 25.9 Å². The summed E-state index contributed by atoms with van der Waals surface area (Å²) < 4.78 is 19.8. The van der Waals surface area contributed by atoms with Crippen molar-refractivity contribution in [3.05, 3.63) is 24.0 Å². The van der Waals surface area contributed by atoms with Crippen LogP contribution in [0.3, 0.4) is 0 Å². The number of carbonyl (C=O) groups excluding carboxylic acids is 2. The number of carboxylic acids is 1. The molecule has 1 atom stereocenters. The molecule has 2 saturated heterocycles. The zero-order valence-corrected chi connectivity index (χ0v) is 15.0. The highest BCUT2D eigenvalue weighted by Gasteiger charge is 2.33. The molecule has 2 heterocycles. The van der Waals surface area contributed by atoms with Crippen LogP contribution >= 0.6 is 0 Å². The lowest BCUT2D eigenvalue weighted by Gasteiger charge is -2.32. The molecule has 2 aliphatic rings. The third-order valence-electron chi connectivity index (χ3n) is 4.88. The molecular weight excluding hydrogens is 357 g/mol. The molecule has 8 nitrogen and oxygen atoms in total. The molecular formula is C18H22FN3O5. The van der Waals surface area contributed by atoms with Crippen LogP contribution in [-0.4, -0.2) is 55.4 Å². The lowest BCUT2D eigenvalue weighted by Crippen LogP contribution is -2.36. The van der Waals surface area contributed by atoms with Crippen molar-refractivity contribution < 1.29 is 28.6 Å². The van der Waals surface area contributed by atoms with E-state index in [-0.39, 0.29) is 24.9 Å². The third-order valence-corrected chi connectivity index (χ3v) is 4.88. The minimum atomic E-state index is -0.813. The van der Waals surface area contributed by atoms with Gasteiger partial charge in [0, 0.05) is 20.0 Å². The van der Waals surface area contributed by atoms with Gasteiger partial charge in [0.1, 0.15) is 11.9 Å². The fraction of sp³-hybridized carbons (Fsp3) is 0.500. The van der Waals surface area contributed by atoms with Gasteiger partial charge in [-0.25, -0.2) is 9.18 Å². The molecule has 2 fully saturated rings. The topological polar surface area (TPSA) is 99.2 Å². The number of amides is 2. The Hall–Kier alpha value is -2.84. The van der Waals surface area contributed by atoms with Gasteiger partial charge in [0.2, 0.25) is 5.91 Å². The summed E-state index contributed by atoms with van der Waals surface area (Å²) in [5, 5.41) is 11.6. The van der Waals surface area contributed by atoms with Crippen molar-refractivity contribution in [2.75, 3.05) is 36.0 Å². The fourth-order valence-corrected chi connectivity index (χ4v) is 3.38. The first-order chi connectivity index (χ1) is 12.8. The Morgan fingerprint density at radius 3 is 2.63 bits per heavy atom. The third kappa shape index (κ3) is 4.29. The van der Waals surface area contributed by atoms with Crippen LogP contribution in [0.2, 0.25) is 0 Å². The second kappa shape index (κ2) is 7.81. The minimum Gasteiger partial charge on any atom is -0.481 e. The number of rotatable bonds is 5. The molecule has 2 amide bonds. The molecule has 0 aromatic heterocycles. The van der Waals surface area contributed by atoms with E-state index in [1.165, 1.54) is 17.9 Å². The minimum absolute atomic E-state index is 0.205. The number of ether oxygens (including phenoxy) is 1. The van der Waals surface area contributed by atoms with E-state index in [2.05, 4.69) is 5.32 Å². The molecule has 9 heteroatoms. The average Bonchev–Trinajstić information content (AvgIpc) is 3.01. The molecule has 0 bridgehead atoms.